The number of aliphatic imine (C=N–C) groups is 1. The molecule has 1 amide bonds. The summed E-state index contributed by atoms with van der Waals surface area (Å²) < 4.78 is 1.33. The largest absolute Gasteiger partial charge is 0.871 e. The van der Waals surface area contributed by atoms with Crippen molar-refractivity contribution in [3.63, 3.8) is 0 Å². The number of rotatable bonds is 4. The monoisotopic (exact) mass is 547 g/mol. The van der Waals surface area contributed by atoms with Gasteiger partial charge in [0.2, 0.25) is 0 Å². The van der Waals surface area contributed by atoms with Crippen LogP contribution in [0.1, 0.15) is 15.2 Å². The molecule has 1 aromatic heterocycles. The number of halogens is 2. The highest BCUT2D eigenvalue weighted by molar-refractivity contribution is 9.11. The van der Waals surface area contributed by atoms with Gasteiger partial charge in [0.1, 0.15) is 5.69 Å². The van der Waals surface area contributed by atoms with Gasteiger partial charge in [0, 0.05) is 27.3 Å². The van der Waals surface area contributed by atoms with E-state index in [1.807, 2.05) is 34.5 Å². The maximum atomic E-state index is 12.5. The van der Waals surface area contributed by atoms with Crippen molar-refractivity contribution in [2.24, 2.45) is 4.99 Å². The lowest BCUT2D eigenvalue weighted by molar-refractivity contribution is -0.837. The summed E-state index contributed by atoms with van der Waals surface area (Å²) >= 11 is 8.16. The number of hydrogen-bond acceptors (Lipinski definition) is 4. The van der Waals surface area contributed by atoms with Crippen LogP contribution in [0.4, 0.5) is 11.4 Å². The summed E-state index contributed by atoms with van der Waals surface area (Å²) in [6.07, 6.45) is 1.59. The van der Waals surface area contributed by atoms with E-state index >= 15 is 0 Å². The zero-order chi connectivity index (χ0) is 21.1. The second kappa shape index (κ2) is 9.43. The molecule has 0 aliphatic carbocycles. The van der Waals surface area contributed by atoms with Gasteiger partial charge in [0.25, 0.3) is 5.91 Å². The minimum Gasteiger partial charge on any atom is -0.871 e. The second-order valence-electron chi connectivity index (χ2n) is 6.98. The average molecular weight is 549 g/mol. The number of hydrogen-bond donors (Lipinski definition) is 1. The minimum absolute atomic E-state index is 0.0852. The Morgan fingerprint density at radius 2 is 1.87 bits per heavy atom. The summed E-state index contributed by atoms with van der Waals surface area (Å²) in [4.78, 5) is 21.0. The molecule has 3 aromatic rings. The molecule has 0 radical (unpaired) electrons. The molecule has 30 heavy (non-hydrogen) atoms. The van der Waals surface area contributed by atoms with Crippen LogP contribution < -0.4 is 10.0 Å². The third-order valence-electron chi connectivity index (χ3n) is 5.05. The van der Waals surface area contributed by atoms with Gasteiger partial charge in [-0.15, -0.1) is 11.3 Å². The standard InChI is InChI=1S/C22H19Br2N3O2S/c23-16-12-15(21(28)19(24)13-16)14-25-17-3-5-18(6-4-17)26-7-9-27(10-8-26)22(29)20-2-1-11-30-20/h1-6,11-14,28H,7-10H2. The van der Waals surface area contributed by atoms with Gasteiger partial charge in [0.05, 0.1) is 36.7 Å². The Morgan fingerprint density at radius 3 is 2.53 bits per heavy atom. The van der Waals surface area contributed by atoms with Crippen LogP contribution in [0.3, 0.4) is 0 Å². The summed E-state index contributed by atoms with van der Waals surface area (Å²) in [6.45, 7) is 3.25. The fraction of sp³-hybridized carbons (Fsp3) is 0.182. The van der Waals surface area contributed by atoms with Crippen molar-refractivity contribution >= 4 is 66.7 Å². The highest BCUT2D eigenvalue weighted by Gasteiger charge is 2.26. The van der Waals surface area contributed by atoms with Gasteiger partial charge in [-0.3, -0.25) is 14.7 Å². The second-order valence-corrected chi connectivity index (χ2v) is 9.70. The minimum atomic E-state index is -0.0852. The van der Waals surface area contributed by atoms with E-state index in [9.17, 15) is 9.90 Å². The third kappa shape index (κ3) is 4.83. The number of piperazine rings is 1. The fourth-order valence-corrected chi connectivity index (χ4v) is 5.38. The van der Waals surface area contributed by atoms with Crippen molar-refractivity contribution < 1.29 is 14.8 Å². The molecule has 5 nitrogen and oxygen atoms in total. The molecule has 0 spiro atoms. The van der Waals surface area contributed by atoms with Crippen molar-refractivity contribution in [2.75, 3.05) is 26.2 Å². The van der Waals surface area contributed by atoms with Crippen LogP contribution in [-0.2, 0) is 0 Å². The maximum absolute atomic E-state index is 12.5. The number of nitrogens with zero attached hydrogens (tertiary/aromatic N) is 2. The zero-order valence-electron chi connectivity index (χ0n) is 16.0. The number of carbonyl (C=O) groups excluding carboxylic acids is 1. The van der Waals surface area contributed by atoms with Crippen LogP contribution in [0.15, 0.2) is 67.8 Å². The normalized spacial score (nSPS) is 15.1. The van der Waals surface area contributed by atoms with Gasteiger partial charge in [-0.2, -0.15) is 0 Å². The first kappa shape index (κ1) is 21.2. The number of benzene rings is 2. The summed E-state index contributed by atoms with van der Waals surface area (Å²) in [6, 6.07) is 15.3. The Hall–Kier alpha value is -2.00. The fourth-order valence-electron chi connectivity index (χ4n) is 3.43. The molecular formula is C22H19Br2N3O2S. The first-order valence-corrected chi connectivity index (χ1v) is 12.0. The van der Waals surface area contributed by atoms with E-state index in [1.165, 1.54) is 21.9 Å². The number of nitrogens with one attached hydrogen (secondary N) is 1. The predicted molar refractivity (Wildman–Crippen MR) is 126 cm³/mol. The molecule has 0 bridgehead atoms. The lowest BCUT2D eigenvalue weighted by atomic mass is 10.2. The van der Waals surface area contributed by atoms with E-state index in [1.54, 1.807) is 18.3 Å². The lowest BCUT2D eigenvalue weighted by Gasteiger charge is -2.31. The Balaban J connectivity index is 1.38. The Labute approximate surface area is 195 Å². The number of quaternary nitrogens is 1. The topological polar surface area (TPSA) is 60.2 Å². The molecule has 8 heteroatoms. The summed E-state index contributed by atoms with van der Waals surface area (Å²) in [7, 11) is 0. The van der Waals surface area contributed by atoms with Gasteiger partial charge in [-0.25, -0.2) is 0 Å². The van der Waals surface area contributed by atoms with E-state index in [4.69, 9.17) is 0 Å². The highest BCUT2D eigenvalue weighted by Crippen LogP contribution is 2.29. The van der Waals surface area contributed by atoms with Gasteiger partial charge in [0.15, 0.2) is 0 Å². The molecule has 2 heterocycles. The molecule has 1 fully saturated rings. The Kier molecular flexibility index (Phi) is 6.67. The van der Waals surface area contributed by atoms with Crippen molar-refractivity contribution in [1.82, 2.24) is 4.90 Å². The zero-order valence-corrected chi connectivity index (χ0v) is 20.0. The molecule has 0 atom stereocenters. The molecule has 1 saturated heterocycles. The van der Waals surface area contributed by atoms with Gasteiger partial charge in [-0.05, 0) is 41.3 Å². The number of amides is 1. The molecule has 1 aliphatic heterocycles. The number of carbonyl (C=O) groups is 1. The van der Waals surface area contributed by atoms with E-state index in [0.717, 1.165) is 41.2 Å². The SMILES string of the molecule is O=C(c1cccs1)N1CC[NH+](c2ccc(N=Cc3cc(Br)cc(Br)c3[O-])cc2)CC1. The van der Waals surface area contributed by atoms with Gasteiger partial charge in [-0.1, -0.05) is 43.7 Å². The molecule has 0 saturated carbocycles. The molecule has 4 rings (SSSR count). The summed E-state index contributed by atoms with van der Waals surface area (Å²) in [5, 5.41) is 14.1. The smallest absolute Gasteiger partial charge is 0.264 e. The third-order valence-corrected chi connectivity index (χ3v) is 6.96. The number of thiophene rings is 1. The lowest BCUT2D eigenvalue weighted by Crippen LogP contribution is -3.10. The van der Waals surface area contributed by atoms with Crippen molar-refractivity contribution in [2.45, 2.75) is 0 Å². The highest BCUT2D eigenvalue weighted by atomic mass is 79.9. The maximum Gasteiger partial charge on any atom is 0.264 e. The predicted octanol–water partition coefficient (Wildman–Crippen LogP) is 3.77. The van der Waals surface area contributed by atoms with E-state index in [2.05, 4.69) is 49.0 Å². The average Bonchev–Trinajstić information content (AvgIpc) is 3.30. The Morgan fingerprint density at radius 1 is 1.13 bits per heavy atom. The van der Waals surface area contributed by atoms with Crippen LogP contribution >= 0.6 is 43.2 Å². The van der Waals surface area contributed by atoms with Gasteiger partial charge >= 0.3 is 0 Å². The van der Waals surface area contributed by atoms with Crippen LogP contribution in [-0.4, -0.2) is 43.2 Å². The quantitative estimate of drug-likeness (QED) is 0.504. The van der Waals surface area contributed by atoms with Crippen molar-refractivity contribution in [1.29, 1.82) is 0 Å². The summed E-state index contributed by atoms with van der Waals surface area (Å²) in [5.74, 6) is 0.0450. The Bertz CT molecular complexity index is 1060. The van der Waals surface area contributed by atoms with Crippen LogP contribution in [0.25, 0.3) is 0 Å². The van der Waals surface area contributed by atoms with Crippen LogP contribution in [0.2, 0.25) is 0 Å². The van der Waals surface area contributed by atoms with Gasteiger partial charge < -0.3 is 10.0 Å². The molecule has 0 unspecified atom stereocenters. The molecule has 1 aliphatic rings. The summed E-state index contributed by atoms with van der Waals surface area (Å²) in [5.41, 5.74) is 2.50. The molecule has 1 N–H and O–H groups in total. The van der Waals surface area contributed by atoms with E-state index in [0.29, 0.717) is 10.0 Å². The van der Waals surface area contributed by atoms with E-state index in [-0.39, 0.29) is 11.7 Å². The molecule has 154 valence electrons. The van der Waals surface area contributed by atoms with Crippen LogP contribution in [0, 0.1) is 0 Å². The molecule has 2 aromatic carbocycles. The first-order valence-electron chi connectivity index (χ1n) is 9.49. The van der Waals surface area contributed by atoms with Crippen LogP contribution in [0.5, 0.6) is 5.75 Å². The molecular weight excluding hydrogens is 530 g/mol. The van der Waals surface area contributed by atoms with E-state index < -0.39 is 0 Å². The first-order chi connectivity index (χ1) is 14.5. The van der Waals surface area contributed by atoms with Crippen molar-refractivity contribution in [3.8, 4) is 5.75 Å². The van der Waals surface area contributed by atoms with Crippen molar-refractivity contribution in [3.05, 3.63) is 73.3 Å².